The second kappa shape index (κ2) is 25.5. The van der Waals surface area contributed by atoms with Crippen LogP contribution in [-0.4, -0.2) is 86.0 Å². The minimum atomic E-state index is -3.94. The van der Waals surface area contributed by atoms with Gasteiger partial charge in [-0.05, 0) is 117 Å². The Morgan fingerprint density at radius 2 is 0.831 bits per heavy atom. The van der Waals surface area contributed by atoms with E-state index in [1.54, 1.807) is 97.1 Å². The topological polar surface area (TPSA) is 215 Å². The monoisotopic (exact) mass is 1080 g/mol. The Bertz CT molecular complexity index is 3150. The number of sulfonamides is 4. The van der Waals surface area contributed by atoms with Gasteiger partial charge in [-0.1, -0.05) is 84.4 Å². The van der Waals surface area contributed by atoms with Crippen LogP contribution >= 0.6 is 24.8 Å². The van der Waals surface area contributed by atoms with Gasteiger partial charge >= 0.3 is 0 Å². The lowest BCUT2D eigenvalue weighted by atomic mass is 10.2. The van der Waals surface area contributed by atoms with Gasteiger partial charge in [-0.15, -0.1) is 24.8 Å². The van der Waals surface area contributed by atoms with Crippen molar-refractivity contribution in [3.63, 3.8) is 0 Å². The van der Waals surface area contributed by atoms with E-state index in [-0.39, 0.29) is 62.3 Å². The standard InChI is InChI=1S/C25H28N4O4S2.C24H28N4O4S2.2ClH/c30-34(31,19-14-21-8-3-1-4-9-21)27-24-13-12-22(29-17-7-15-26-16-18-29)20-25(24)28-35(32,33)23-10-5-2-6-11-23;1-19-8-11-22(12-9-19)34(31,32)26-23-13-10-20(28-16-5-14-25-15-17-28)18-24(23)27-33(29,30)21-6-3-2-4-7-21;;/h1-6,8-14,19-20,26-28H,7,15-18H2;2-4,6-13,18,25-27H,5,14-17H2,1H3;2*1H/b19-14+;;;. The molecule has 22 heteroatoms. The van der Waals surface area contributed by atoms with E-state index in [4.69, 9.17) is 0 Å². The minimum Gasteiger partial charge on any atom is -0.370 e. The SMILES string of the molecule is Cc1ccc(S(=O)(=O)Nc2ccc(N3CCCNCC3)cc2NS(=O)(=O)c2ccccc2)cc1.Cl.Cl.O=S(=O)(/C=C/c1ccccc1)Nc1ccc(N2CCCNCC2)cc1NS(=O)(=O)c1ccccc1. The van der Waals surface area contributed by atoms with Crippen molar-refractivity contribution in [2.75, 3.05) is 81.0 Å². The Balaban J connectivity index is 0.000000257. The first kappa shape index (κ1) is 56.1. The summed E-state index contributed by atoms with van der Waals surface area (Å²) in [6.07, 6.45) is 3.38. The van der Waals surface area contributed by atoms with Gasteiger partial charge < -0.3 is 20.4 Å². The molecule has 0 spiro atoms. The van der Waals surface area contributed by atoms with E-state index in [0.29, 0.717) is 0 Å². The van der Waals surface area contributed by atoms with Crippen molar-refractivity contribution in [2.45, 2.75) is 34.5 Å². The van der Waals surface area contributed by atoms with E-state index in [0.717, 1.165) is 93.1 Å². The van der Waals surface area contributed by atoms with Crippen LogP contribution in [0.2, 0.25) is 0 Å². The zero-order valence-electron chi connectivity index (χ0n) is 38.8. The molecule has 2 fully saturated rings. The van der Waals surface area contributed by atoms with Gasteiger partial charge in [0.15, 0.2) is 0 Å². The van der Waals surface area contributed by atoms with Gasteiger partial charge in [-0.3, -0.25) is 18.9 Å². The van der Waals surface area contributed by atoms with Crippen molar-refractivity contribution in [2.24, 2.45) is 0 Å². The highest BCUT2D eigenvalue weighted by molar-refractivity contribution is 7.95. The maximum absolute atomic E-state index is 13.1. The van der Waals surface area contributed by atoms with E-state index in [1.165, 1.54) is 42.5 Å². The molecule has 380 valence electrons. The number of rotatable bonds is 15. The van der Waals surface area contributed by atoms with Crippen LogP contribution in [0.25, 0.3) is 6.08 Å². The Hall–Kier alpha value is -5.84. The lowest BCUT2D eigenvalue weighted by Gasteiger charge is -2.24. The molecular formula is C49H58Cl2N8O8S4. The van der Waals surface area contributed by atoms with Crippen molar-refractivity contribution < 1.29 is 33.7 Å². The van der Waals surface area contributed by atoms with Gasteiger partial charge in [-0.2, -0.15) is 0 Å². The number of aryl methyl sites for hydroxylation is 1. The Morgan fingerprint density at radius 3 is 1.28 bits per heavy atom. The molecule has 2 aliphatic rings. The van der Waals surface area contributed by atoms with E-state index in [1.807, 2.05) is 25.1 Å². The van der Waals surface area contributed by atoms with Gasteiger partial charge in [-0.25, -0.2) is 33.7 Å². The zero-order chi connectivity index (χ0) is 48.9. The van der Waals surface area contributed by atoms with Crippen molar-refractivity contribution in [3.8, 4) is 0 Å². The molecule has 2 aliphatic heterocycles. The molecule has 6 N–H and O–H groups in total. The van der Waals surface area contributed by atoms with Crippen LogP contribution in [0.5, 0.6) is 0 Å². The quantitative estimate of drug-likeness (QED) is 0.0578. The fourth-order valence-electron chi connectivity index (χ4n) is 7.46. The summed E-state index contributed by atoms with van der Waals surface area (Å²) in [5, 5.41) is 7.74. The third-order valence-electron chi connectivity index (χ3n) is 11.1. The molecule has 2 saturated heterocycles. The first-order valence-electron chi connectivity index (χ1n) is 22.3. The molecule has 2 heterocycles. The second-order valence-electron chi connectivity index (χ2n) is 16.3. The van der Waals surface area contributed by atoms with Crippen molar-refractivity contribution in [1.29, 1.82) is 0 Å². The van der Waals surface area contributed by atoms with E-state index < -0.39 is 40.1 Å². The van der Waals surface area contributed by atoms with Crippen molar-refractivity contribution >= 4 is 105 Å². The molecule has 0 aromatic heterocycles. The average Bonchev–Trinajstić information content (AvgIpc) is 3.80. The third kappa shape index (κ3) is 16.1. The molecule has 0 saturated carbocycles. The Morgan fingerprint density at radius 1 is 0.437 bits per heavy atom. The van der Waals surface area contributed by atoms with Crippen LogP contribution < -0.4 is 39.3 Å². The van der Waals surface area contributed by atoms with Gasteiger partial charge in [0.05, 0.1) is 42.8 Å². The molecule has 0 radical (unpaired) electrons. The molecule has 8 rings (SSSR count). The molecule has 0 bridgehead atoms. The summed E-state index contributed by atoms with van der Waals surface area (Å²) < 4.78 is 114. The van der Waals surface area contributed by atoms with Gasteiger partial charge in [0.2, 0.25) is 0 Å². The number of hydrogen-bond acceptors (Lipinski definition) is 12. The highest BCUT2D eigenvalue weighted by atomic mass is 35.5. The summed E-state index contributed by atoms with van der Waals surface area (Å²) in [6, 6.07) is 41.6. The summed E-state index contributed by atoms with van der Waals surface area (Å²) in [5.41, 5.74) is 3.89. The van der Waals surface area contributed by atoms with E-state index in [9.17, 15) is 33.7 Å². The van der Waals surface area contributed by atoms with E-state index >= 15 is 0 Å². The molecule has 0 aliphatic carbocycles. The predicted octanol–water partition coefficient (Wildman–Crippen LogP) is 7.94. The van der Waals surface area contributed by atoms with Crippen molar-refractivity contribution in [3.05, 3.63) is 168 Å². The van der Waals surface area contributed by atoms with Crippen LogP contribution in [0, 0.1) is 6.92 Å². The van der Waals surface area contributed by atoms with Crippen LogP contribution in [0.15, 0.2) is 172 Å². The fourth-order valence-corrected chi connectivity index (χ4v) is 11.6. The minimum absolute atomic E-state index is 0. The zero-order valence-corrected chi connectivity index (χ0v) is 43.7. The number of halogens is 2. The third-order valence-corrected chi connectivity index (χ3v) is 16.2. The molecule has 16 nitrogen and oxygen atoms in total. The number of benzene rings is 6. The predicted molar refractivity (Wildman–Crippen MR) is 291 cm³/mol. The van der Waals surface area contributed by atoms with Gasteiger partial charge in [0, 0.05) is 50.6 Å². The number of hydrogen-bond donors (Lipinski definition) is 6. The lowest BCUT2D eigenvalue weighted by Crippen LogP contribution is -2.28. The molecular weight excluding hydrogens is 1030 g/mol. The summed E-state index contributed by atoms with van der Waals surface area (Å²) in [7, 11) is -15.7. The molecule has 6 aromatic rings. The van der Waals surface area contributed by atoms with Crippen LogP contribution in [0.1, 0.15) is 24.0 Å². The smallest absolute Gasteiger partial charge is 0.261 e. The van der Waals surface area contributed by atoms with Gasteiger partial charge in [0.1, 0.15) is 0 Å². The highest BCUT2D eigenvalue weighted by Crippen LogP contribution is 2.33. The van der Waals surface area contributed by atoms with Gasteiger partial charge in [0.25, 0.3) is 40.1 Å². The normalized spacial score (nSPS) is 14.5. The molecule has 6 aromatic carbocycles. The summed E-state index contributed by atoms with van der Waals surface area (Å²) in [5.74, 6) is 0. The number of nitrogens with one attached hydrogen (secondary N) is 6. The summed E-state index contributed by atoms with van der Waals surface area (Å²) in [6.45, 7) is 8.46. The summed E-state index contributed by atoms with van der Waals surface area (Å²) in [4.78, 5) is 4.57. The van der Waals surface area contributed by atoms with Crippen LogP contribution in [0.4, 0.5) is 34.1 Å². The maximum atomic E-state index is 13.1. The summed E-state index contributed by atoms with van der Waals surface area (Å²) >= 11 is 0. The van der Waals surface area contributed by atoms with Crippen LogP contribution in [0.3, 0.4) is 0 Å². The Labute approximate surface area is 430 Å². The largest absolute Gasteiger partial charge is 0.370 e. The molecule has 0 atom stereocenters. The average molecular weight is 1090 g/mol. The lowest BCUT2D eigenvalue weighted by molar-refractivity contribution is 0.599. The highest BCUT2D eigenvalue weighted by Gasteiger charge is 2.23. The Kier molecular flexibility index (Phi) is 20.2. The van der Waals surface area contributed by atoms with Crippen LogP contribution in [-0.2, 0) is 40.1 Å². The first-order chi connectivity index (χ1) is 33.1. The van der Waals surface area contributed by atoms with E-state index in [2.05, 4.69) is 39.3 Å². The molecule has 0 amide bonds. The molecule has 71 heavy (non-hydrogen) atoms. The maximum Gasteiger partial charge on any atom is 0.261 e. The molecule has 0 unspecified atom stereocenters. The fraction of sp³-hybridized carbons (Fsp3) is 0.224. The first-order valence-corrected chi connectivity index (χ1v) is 28.3. The number of anilines is 6. The van der Waals surface area contributed by atoms with Crippen molar-refractivity contribution in [1.82, 2.24) is 10.6 Å². The number of nitrogens with zero attached hydrogens (tertiary/aromatic N) is 2. The second-order valence-corrected chi connectivity index (χ2v) is 22.9.